The van der Waals surface area contributed by atoms with Crippen LogP contribution in [0.25, 0.3) is 0 Å². The molecule has 0 aliphatic heterocycles. The maximum atomic E-state index is 11.2. The summed E-state index contributed by atoms with van der Waals surface area (Å²) in [5.41, 5.74) is 2.00. The average molecular weight is 221 g/mol. The zero-order valence-electron chi connectivity index (χ0n) is 10.1. The summed E-state index contributed by atoms with van der Waals surface area (Å²) in [6.07, 6.45) is 0.645. The molecule has 0 fully saturated rings. The third-order valence-corrected chi connectivity index (χ3v) is 2.61. The van der Waals surface area contributed by atoms with Gasteiger partial charge in [-0.2, -0.15) is 0 Å². The Morgan fingerprint density at radius 3 is 2.62 bits per heavy atom. The maximum absolute atomic E-state index is 11.2. The Kier molecular flexibility index (Phi) is 4.50. The van der Waals surface area contributed by atoms with E-state index in [1.807, 2.05) is 50.2 Å². The van der Waals surface area contributed by atoms with Crippen molar-refractivity contribution in [2.75, 3.05) is 20.6 Å². The van der Waals surface area contributed by atoms with Gasteiger partial charge >= 0.3 is 5.97 Å². The number of carbonyl (C=O) groups is 1. The molecule has 0 spiro atoms. The Hall–Kier alpha value is -1.35. The zero-order chi connectivity index (χ0) is 12.1. The van der Waals surface area contributed by atoms with Gasteiger partial charge in [0.15, 0.2) is 0 Å². The van der Waals surface area contributed by atoms with E-state index in [0.717, 1.165) is 17.7 Å². The molecule has 0 aromatic heterocycles. The number of aliphatic carboxylic acids is 1. The second-order valence-corrected chi connectivity index (χ2v) is 4.40. The minimum atomic E-state index is -0.743. The Bertz CT molecular complexity index is 361. The van der Waals surface area contributed by atoms with Gasteiger partial charge in [-0.25, -0.2) is 0 Å². The van der Waals surface area contributed by atoms with E-state index in [1.54, 1.807) is 0 Å². The van der Waals surface area contributed by atoms with Crippen LogP contribution in [0.2, 0.25) is 0 Å². The standard InChI is InChI=1S/C13H19NO2/c1-10-5-4-6-11(9-10)12(13(15)16)7-8-14(2)3/h4-6,9,12H,7-8H2,1-3H3,(H,15,16). The van der Waals surface area contributed by atoms with Crippen molar-refractivity contribution < 1.29 is 9.90 Å². The Balaban J connectivity index is 2.81. The van der Waals surface area contributed by atoms with E-state index in [1.165, 1.54) is 0 Å². The topological polar surface area (TPSA) is 40.5 Å². The van der Waals surface area contributed by atoms with Gasteiger partial charge < -0.3 is 10.0 Å². The average Bonchev–Trinajstić information content (AvgIpc) is 2.17. The fourth-order valence-corrected chi connectivity index (χ4v) is 1.71. The van der Waals surface area contributed by atoms with Crippen LogP contribution >= 0.6 is 0 Å². The van der Waals surface area contributed by atoms with E-state index < -0.39 is 11.9 Å². The van der Waals surface area contributed by atoms with Crippen molar-refractivity contribution in [3.8, 4) is 0 Å². The Morgan fingerprint density at radius 1 is 1.44 bits per heavy atom. The number of hydrogen-bond donors (Lipinski definition) is 1. The molecule has 0 heterocycles. The van der Waals surface area contributed by atoms with Crippen molar-refractivity contribution in [3.05, 3.63) is 35.4 Å². The molecule has 16 heavy (non-hydrogen) atoms. The van der Waals surface area contributed by atoms with Crippen molar-refractivity contribution in [2.24, 2.45) is 0 Å². The molecule has 0 amide bonds. The van der Waals surface area contributed by atoms with Crippen LogP contribution in [0.1, 0.15) is 23.5 Å². The summed E-state index contributed by atoms with van der Waals surface area (Å²) in [5.74, 6) is -1.14. The van der Waals surface area contributed by atoms with Gasteiger partial charge in [-0.1, -0.05) is 29.8 Å². The fourth-order valence-electron chi connectivity index (χ4n) is 1.71. The first-order valence-electron chi connectivity index (χ1n) is 5.45. The highest BCUT2D eigenvalue weighted by Crippen LogP contribution is 2.21. The van der Waals surface area contributed by atoms with Crippen LogP contribution in [-0.2, 0) is 4.79 Å². The summed E-state index contributed by atoms with van der Waals surface area (Å²) in [7, 11) is 3.91. The molecule has 0 saturated carbocycles. The molecule has 0 aliphatic carbocycles. The molecular formula is C13H19NO2. The zero-order valence-corrected chi connectivity index (χ0v) is 10.1. The maximum Gasteiger partial charge on any atom is 0.311 e. The van der Waals surface area contributed by atoms with E-state index in [2.05, 4.69) is 0 Å². The van der Waals surface area contributed by atoms with E-state index in [9.17, 15) is 9.90 Å². The summed E-state index contributed by atoms with van der Waals surface area (Å²) in [5, 5.41) is 9.21. The Labute approximate surface area is 96.7 Å². The molecule has 1 atom stereocenters. The van der Waals surface area contributed by atoms with Gasteiger partial charge in [-0.05, 0) is 39.5 Å². The second-order valence-electron chi connectivity index (χ2n) is 4.40. The molecule has 0 aliphatic rings. The molecular weight excluding hydrogens is 202 g/mol. The van der Waals surface area contributed by atoms with Crippen molar-refractivity contribution >= 4 is 5.97 Å². The number of nitrogens with zero attached hydrogens (tertiary/aromatic N) is 1. The molecule has 1 aromatic carbocycles. The molecule has 88 valence electrons. The lowest BCUT2D eigenvalue weighted by Crippen LogP contribution is -2.20. The van der Waals surface area contributed by atoms with E-state index in [4.69, 9.17) is 0 Å². The van der Waals surface area contributed by atoms with Crippen molar-refractivity contribution in [1.82, 2.24) is 4.90 Å². The molecule has 0 saturated heterocycles. The number of carboxylic acids is 1. The quantitative estimate of drug-likeness (QED) is 0.828. The molecule has 0 bridgehead atoms. The van der Waals surface area contributed by atoms with Crippen molar-refractivity contribution in [1.29, 1.82) is 0 Å². The molecule has 0 radical (unpaired) electrons. The fraction of sp³-hybridized carbons (Fsp3) is 0.462. The van der Waals surface area contributed by atoms with Crippen LogP contribution in [0.3, 0.4) is 0 Å². The minimum Gasteiger partial charge on any atom is -0.481 e. The van der Waals surface area contributed by atoms with Gasteiger partial charge in [0.05, 0.1) is 5.92 Å². The molecule has 3 heteroatoms. The second kappa shape index (κ2) is 5.66. The van der Waals surface area contributed by atoms with Crippen LogP contribution in [0.4, 0.5) is 0 Å². The van der Waals surface area contributed by atoms with Crippen LogP contribution in [0.5, 0.6) is 0 Å². The first-order valence-corrected chi connectivity index (χ1v) is 5.45. The Morgan fingerprint density at radius 2 is 2.12 bits per heavy atom. The normalized spacial score (nSPS) is 12.8. The lowest BCUT2D eigenvalue weighted by Gasteiger charge is -2.16. The number of rotatable bonds is 5. The first kappa shape index (κ1) is 12.7. The van der Waals surface area contributed by atoms with E-state index in [-0.39, 0.29) is 0 Å². The number of hydrogen-bond acceptors (Lipinski definition) is 2. The highest BCUT2D eigenvalue weighted by atomic mass is 16.4. The predicted molar refractivity (Wildman–Crippen MR) is 64.7 cm³/mol. The predicted octanol–water partition coefficient (Wildman–Crippen LogP) is 2.11. The molecule has 1 N–H and O–H groups in total. The van der Waals surface area contributed by atoms with Gasteiger partial charge in [0, 0.05) is 0 Å². The highest BCUT2D eigenvalue weighted by molar-refractivity contribution is 5.76. The SMILES string of the molecule is Cc1cccc(C(CCN(C)C)C(=O)O)c1. The summed E-state index contributed by atoms with van der Waals surface area (Å²) in [4.78, 5) is 13.2. The van der Waals surface area contributed by atoms with Gasteiger partial charge in [0.2, 0.25) is 0 Å². The van der Waals surface area contributed by atoms with Crippen LogP contribution in [-0.4, -0.2) is 36.6 Å². The van der Waals surface area contributed by atoms with E-state index >= 15 is 0 Å². The third-order valence-electron chi connectivity index (χ3n) is 2.61. The van der Waals surface area contributed by atoms with Gasteiger partial charge in [0.25, 0.3) is 0 Å². The minimum absolute atomic E-state index is 0.401. The number of benzene rings is 1. The highest BCUT2D eigenvalue weighted by Gasteiger charge is 2.19. The van der Waals surface area contributed by atoms with Crippen molar-refractivity contribution in [3.63, 3.8) is 0 Å². The first-order chi connectivity index (χ1) is 7.50. The number of carboxylic acid groups (broad SMARTS) is 1. The summed E-state index contributed by atoms with van der Waals surface area (Å²) >= 11 is 0. The summed E-state index contributed by atoms with van der Waals surface area (Å²) in [6.45, 7) is 2.76. The lowest BCUT2D eigenvalue weighted by atomic mass is 9.94. The molecule has 3 nitrogen and oxygen atoms in total. The molecule has 1 unspecified atom stereocenters. The third kappa shape index (κ3) is 3.66. The number of aryl methyl sites for hydroxylation is 1. The smallest absolute Gasteiger partial charge is 0.311 e. The van der Waals surface area contributed by atoms with Gasteiger partial charge in [-0.3, -0.25) is 4.79 Å². The monoisotopic (exact) mass is 221 g/mol. The lowest BCUT2D eigenvalue weighted by molar-refractivity contribution is -0.139. The largest absolute Gasteiger partial charge is 0.481 e. The summed E-state index contributed by atoms with van der Waals surface area (Å²) < 4.78 is 0. The summed E-state index contributed by atoms with van der Waals surface area (Å²) in [6, 6.07) is 7.74. The van der Waals surface area contributed by atoms with Crippen molar-refractivity contribution in [2.45, 2.75) is 19.3 Å². The van der Waals surface area contributed by atoms with Gasteiger partial charge in [0.1, 0.15) is 0 Å². The molecule has 1 rings (SSSR count). The van der Waals surface area contributed by atoms with Crippen LogP contribution in [0, 0.1) is 6.92 Å². The molecule has 1 aromatic rings. The van der Waals surface area contributed by atoms with Gasteiger partial charge in [-0.15, -0.1) is 0 Å². The van der Waals surface area contributed by atoms with Crippen LogP contribution < -0.4 is 0 Å². The van der Waals surface area contributed by atoms with E-state index in [0.29, 0.717) is 6.42 Å². The van der Waals surface area contributed by atoms with Crippen LogP contribution in [0.15, 0.2) is 24.3 Å².